The van der Waals surface area contributed by atoms with Crippen LogP contribution >= 0.6 is 0 Å². The van der Waals surface area contributed by atoms with E-state index in [1.54, 1.807) is 0 Å². The highest BCUT2D eigenvalue weighted by atomic mass is 16.8. The normalized spacial score (nSPS) is 34.7. The van der Waals surface area contributed by atoms with E-state index >= 15 is 0 Å². The number of carbonyl (C=O) groups is 1. The number of hydrogen-bond acceptors (Lipinski definition) is 18. The molecule has 64 heavy (non-hydrogen) atoms. The Hall–Kier alpha value is -1.73. The van der Waals surface area contributed by atoms with E-state index in [0.717, 1.165) is 57.8 Å². The molecule has 17 unspecified atom stereocenters. The lowest BCUT2D eigenvalue weighted by atomic mass is 9.96. The molecular formula is C45H81NO18. The van der Waals surface area contributed by atoms with Crippen LogP contribution in [-0.2, 0) is 33.2 Å². The molecule has 0 aliphatic carbocycles. The number of aliphatic hydroxyl groups is 11. The number of aliphatic hydroxyl groups excluding tert-OH is 11. The Kier molecular flexibility index (Phi) is 27.7. The summed E-state index contributed by atoms with van der Waals surface area (Å²) in [5.74, 6) is -0.272. The van der Waals surface area contributed by atoms with Crippen LogP contribution in [0.3, 0.4) is 0 Å². The second-order valence-electron chi connectivity index (χ2n) is 17.2. The van der Waals surface area contributed by atoms with Gasteiger partial charge < -0.3 is 89.9 Å². The van der Waals surface area contributed by atoms with Gasteiger partial charge in [0.25, 0.3) is 0 Å². The van der Waals surface area contributed by atoms with Crippen molar-refractivity contribution < 1.29 is 89.4 Å². The molecule has 3 heterocycles. The van der Waals surface area contributed by atoms with E-state index in [4.69, 9.17) is 28.4 Å². The van der Waals surface area contributed by atoms with Gasteiger partial charge in [0, 0.05) is 6.42 Å². The van der Waals surface area contributed by atoms with Crippen molar-refractivity contribution in [2.75, 3.05) is 26.4 Å². The van der Waals surface area contributed by atoms with Crippen LogP contribution in [0.4, 0.5) is 0 Å². The highest BCUT2D eigenvalue weighted by molar-refractivity contribution is 5.76. The summed E-state index contributed by atoms with van der Waals surface area (Å²) in [6, 6.07) is -0.887. The van der Waals surface area contributed by atoms with Gasteiger partial charge in [-0.15, -0.1) is 0 Å². The Morgan fingerprint density at radius 1 is 0.562 bits per heavy atom. The van der Waals surface area contributed by atoms with Gasteiger partial charge >= 0.3 is 0 Å². The minimum absolute atomic E-state index is 0.247. The van der Waals surface area contributed by atoms with Gasteiger partial charge in [0.1, 0.15) is 73.2 Å². The van der Waals surface area contributed by atoms with Crippen LogP contribution in [0.1, 0.15) is 123 Å². The summed E-state index contributed by atoms with van der Waals surface area (Å²) in [5, 5.41) is 119. The van der Waals surface area contributed by atoms with Crippen molar-refractivity contribution in [1.82, 2.24) is 5.32 Å². The van der Waals surface area contributed by atoms with E-state index < -0.39 is 124 Å². The van der Waals surface area contributed by atoms with Crippen LogP contribution in [0.5, 0.6) is 0 Å². The van der Waals surface area contributed by atoms with Gasteiger partial charge in [0.05, 0.1) is 38.6 Å². The average Bonchev–Trinajstić information content (AvgIpc) is 3.29. The number of hydrogen-bond donors (Lipinski definition) is 12. The summed E-state index contributed by atoms with van der Waals surface area (Å²) in [7, 11) is 0. The van der Waals surface area contributed by atoms with Crippen molar-refractivity contribution in [3.8, 4) is 0 Å². The topological polar surface area (TPSA) is 307 Å². The van der Waals surface area contributed by atoms with E-state index in [1.165, 1.54) is 25.7 Å². The Morgan fingerprint density at radius 2 is 1.03 bits per heavy atom. The zero-order chi connectivity index (χ0) is 47.0. The zero-order valence-electron chi connectivity index (χ0n) is 37.8. The van der Waals surface area contributed by atoms with Gasteiger partial charge in [0.15, 0.2) is 18.9 Å². The summed E-state index contributed by atoms with van der Waals surface area (Å²) in [5.41, 5.74) is 0. The van der Waals surface area contributed by atoms with Crippen molar-refractivity contribution >= 4 is 5.91 Å². The first-order valence-electron chi connectivity index (χ1n) is 23.6. The van der Waals surface area contributed by atoms with Crippen molar-refractivity contribution in [3.05, 3.63) is 24.3 Å². The van der Waals surface area contributed by atoms with Crippen LogP contribution < -0.4 is 5.32 Å². The maximum absolute atomic E-state index is 13.0. The monoisotopic (exact) mass is 924 g/mol. The standard InChI is InChI=1S/C45H81NO18/c1-3-5-7-8-9-10-11-12-13-14-15-16-17-18-19-21-23-33(51)46-28(29(50)22-20-6-4-2)27-59-43-39(57)36(54)41(31(25-48)61-43)64-45-40(58)37(55)42(32(26-49)62-45)63-44-38(56)35(53)34(52)30(24-47)60-44/h10-11,13-14,28-32,34-45,47-50,52-58H,3-9,12,15-27H2,1-2H3,(H,46,51)/b11-10-,14-13-. The quantitative estimate of drug-likeness (QED) is 0.0324. The molecule has 1 amide bonds. The Morgan fingerprint density at radius 3 is 1.59 bits per heavy atom. The number of amides is 1. The number of rotatable bonds is 31. The molecule has 0 saturated carbocycles. The summed E-state index contributed by atoms with van der Waals surface area (Å²) < 4.78 is 33.9. The van der Waals surface area contributed by atoms with Gasteiger partial charge in [-0.2, -0.15) is 0 Å². The van der Waals surface area contributed by atoms with Gasteiger partial charge in [-0.1, -0.05) is 95.9 Å². The molecule has 3 rings (SSSR count). The minimum atomic E-state index is -1.97. The molecule has 0 aromatic carbocycles. The van der Waals surface area contributed by atoms with Crippen molar-refractivity contribution in [3.63, 3.8) is 0 Å². The SMILES string of the molecule is CCCCCC/C=C\C/C=C\CCCCCCCC(=O)NC(COC1OC(CO)C(OC2OC(CO)C(OC3OC(CO)C(O)C(O)C3O)C(O)C2O)C(O)C1O)C(O)CCCCC. The lowest BCUT2D eigenvalue weighted by Gasteiger charge is -2.48. The number of carbonyl (C=O) groups excluding carboxylic acids is 1. The smallest absolute Gasteiger partial charge is 0.220 e. The maximum Gasteiger partial charge on any atom is 0.220 e. The summed E-state index contributed by atoms with van der Waals surface area (Å²) in [6.07, 6.45) is -1.59. The first-order valence-corrected chi connectivity index (χ1v) is 23.6. The Balaban J connectivity index is 1.49. The molecule has 17 atom stereocenters. The van der Waals surface area contributed by atoms with Gasteiger partial charge in [0.2, 0.25) is 5.91 Å². The predicted octanol–water partition coefficient (Wildman–Crippen LogP) is 0.0809. The molecule has 0 aromatic rings. The fourth-order valence-corrected chi connectivity index (χ4v) is 7.99. The maximum atomic E-state index is 13.0. The minimum Gasteiger partial charge on any atom is -0.394 e. The molecule has 3 aliphatic rings. The lowest BCUT2D eigenvalue weighted by Crippen LogP contribution is -2.66. The fourth-order valence-electron chi connectivity index (χ4n) is 7.99. The van der Waals surface area contributed by atoms with Crippen LogP contribution in [0.2, 0.25) is 0 Å². The van der Waals surface area contributed by atoms with Crippen LogP contribution in [-0.4, -0.2) is 193 Å². The molecule has 0 aromatic heterocycles. The first-order chi connectivity index (χ1) is 30.8. The Bertz CT molecular complexity index is 1290. The number of nitrogens with one attached hydrogen (secondary N) is 1. The molecule has 19 heteroatoms. The van der Waals surface area contributed by atoms with Crippen molar-refractivity contribution in [1.29, 1.82) is 0 Å². The van der Waals surface area contributed by atoms with Gasteiger partial charge in [-0.05, 0) is 44.9 Å². The van der Waals surface area contributed by atoms with E-state index in [0.29, 0.717) is 19.3 Å². The molecule has 19 nitrogen and oxygen atoms in total. The highest BCUT2D eigenvalue weighted by Crippen LogP contribution is 2.33. The van der Waals surface area contributed by atoms with Gasteiger partial charge in [-0.3, -0.25) is 4.79 Å². The molecule has 0 bridgehead atoms. The molecular weight excluding hydrogens is 842 g/mol. The molecule has 3 saturated heterocycles. The fraction of sp³-hybridized carbons (Fsp3) is 0.889. The summed E-state index contributed by atoms with van der Waals surface area (Å²) >= 11 is 0. The second-order valence-corrected chi connectivity index (χ2v) is 17.2. The largest absolute Gasteiger partial charge is 0.394 e. The Labute approximate surface area is 378 Å². The lowest BCUT2D eigenvalue weighted by molar-refractivity contribution is -0.379. The predicted molar refractivity (Wildman–Crippen MR) is 231 cm³/mol. The van der Waals surface area contributed by atoms with Crippen LogP contribution in [0, 0.1) is 0 Å². The first kappa shape index (κ1) is 56.6. The van der Waals surface area contributed by atoms with Crippen molar-refractivity contribution in [2.45, 2.75) is 227 Å². The second kappa shape index (κ2) is 31.3. The molecule has 0 radical (unpaired) electrons. The molecule has 0 spiro atoms. The molecule has 12 N–H and O–H groups in total. The third kappa shape index (κ3) is 18.1. The molecule has 3 aliphatic heterocycles. The van der Waals surface area contributed by atoms with Crippen LogP contribution in [0.15, 0.2) is 24.3 Å². The zero-order valence-corrected chi connectivity index (χ0v) is 37.8. The van der Waals surface area contributed by atoms with E-state index in [2.05, 4.69) is 36.5 Å². The number of unbranched alkanes of at least 4 members (excludes halogenated alkanes) is 11. The van der Waals surface area contributed by atoms with E-state index in [-0.39, 0.29) is 18.9 Å². The molecule has 3 fully saturated rings. The highest BCUT2D eigenvalue weighted by Gasteiger charge is 2.53. The average molecular weight is 924 g/mol. The van der Waals surface area contributed by atoms with E-state index in [9.17, 15) is 61.0 Å². The van der Waals surface area contributed by atoms with Crippen molar-refractivity contribution in [2.24, 2.45) is 0 Å². The molecule has 374 valence electrons. The third-order valence-electron chi connectivity index (χ3n) is 12.0. The van der Waals surface area contributed by atoms with Gasteiger partial charge in [-0.25, -0.2) is 0 Å². The number of ether oxygens (including phenoxy) is 6. The number of allylic oxidation sites excluding steroid dienone is 4. The summed E-state index contributed by atoms with van der Waals surface area (Å²) in [4.78, 5) is 13.0. The summed E-state index contributed by atoms with van der Waals surface area (Å²) in [6.45, 7) is 1.52. The van der Waals surface area contributed by atoms with Crippen LogP contribution in [0.25, 0.3) is 0 Å². The van der Waals surface area contributed by atoms with E-state index in [1.807, 2.05) is 6.92 Å². The third-order valence-corrected chi connectivity index (χ3v) is 12.0.